The number of carbonyl (C=O) groups is 2. The van der Waals surface area contributed by atoms with E-state index in [2.05, 4.69) is 85.4 Å². The smallest absolute Gasteiger partial charge is 0.243 e. The van der Waals surface area contributed by atoms with E-state index in [1.807, 2.05) is 6.07 Å². The molecule has 1 heterocycles. The van der Waals surface area contributed by atoms with Crippen LogP contribution < -0.4 is 27.8 Å². The molecular formula is C28H41N6O2+. The summed E-state index contributed by atoms with van der Waals surface area (Å²) in [6.07, 6.45) is 4.99. The van der Waals surface area contributed by atoms with Crippen molar-refractivity contribution >= 4 is 34.0 Å². The van der Waals surface area contributed by atoms with Crippen LogP contribution in [-0.2, 0) is 15.0 Å². The maximum absolute atomic E-state index is 12.7. The van der Waals surface area contributed by atoms with Crippen molar-refractivity contribution in [2.24, 2.45) is 23.1 Å². The van der Waals surface area contributed by atoms with Gasteiger partial charge in [0.05, 0.1) is 17.9 Å². The highest BCUT2D eigenvalue weighted by molar-refractivity contribution is 6.07. The minimum Gasteiger partial charge on any atom is -0.320 e. The summed E-state index contributed by atoms with van der Waals surface area (Å²) in [5, 5.41) is 7.74. The number of nitrogens with two attached hydrogens (primary N) is 3. The lowest BCUT2D eigenvalue weighted by atomic mass is 9.79. The van der Waals surface area contributed by atoms with E-state index in [0.29, 0.717) is 31.8 Å². The molecule has 3 rings (SSSR count). The quantitative estimate of drug-likeness (QED) is 0.185. The third-order valence-electron chi connectivity index (χ3n) is 6.63. The van der Waals surface area contributed by atoms with Gasteiger partial charge in [-0.15, -0.1) is 0 Å². The number of amides is 2. The van der Waals surface area contributed by atoms with E-state index in [1.165, 1.54) is 16.3 Å². The average molecular weight is 494 g/mol. The number of fused-ring (bicyclic) bond motifs is 3. The summed E-state index contributed by atoms with van der Waals surface area (Å²) in [5.74, 6) is -0.403. The van der Waals surface area contributed by atoms with Crippen molar-refractivity contribution in [1.82, 2.24) is 10.6 Å². The largest absolute Gasteiger partial charge is 0.320 e. The summed E-state index contributed by atoms with van der Waals surface area (Å²) in [5.41, 5.74) is 20.1. The second-order valence-corrected chi connectivity index (χ2v) is 10.3. The first kappa shape index (κ1) is 27.7. The van der Waals surface area contributed by atoms with Crippen molar-refractivity contribution in [3.05, 3.63) is 54.1 Å². The SMILES string of the molecule is CC(C)/C=C/C1=[N+](CCC(=O)NC(=O)[C@@H](N)CCCNC(N)N)c2ccc3ccccc3c2C1(C)C. The molecule has 0 saturated carbocycles. The number of nitrogens with one attached hydrogen (secondary N) is 2. The van der Waals surface area contributed by atoms with Crippen molar-refractivity contribution in [1.29, 1.82) is 0 Å². The van der Waals surface area contributed by atoms with Crippen LogP contribution in [0.5, 0.6) is 0 Å². The van der Waals surface area contributed by atoms with E-state index in [0.717, 1.165) is 11.4 Å². The molecule has 194 valence electrons. The van der Waals surface area contributed by atoms with Crippen molar-refractivity contribution in [2.75, 3.05) is 13.1 Å². The first-order chi connectivity index (χ1) is 17.0. The van der Waals surface area contributed by atoms with Gasteiger partial charge in [-0.05, 0) is 56.0 Å². The lowest BCUT2D eigenvalue weighted by molar-refractivity contribution is -0.436. The highest BCUT2D eigenvalue weighted by atomic mass is 16.2. The molecule has 2 amide bonds. The van der Waals surface area contributed by atoms with Crippen LogP contribution in [0, 0.1) is 5.92 Å². The van der Waals surface area contributed by atoms with Crippen LogP contribution >= 0.6 is 0 Å². The molecule has 0 radical (unpaired) electrons. The fraction of sp³-hybridized carbons (Fsp3) is 0.464. The number of nitrogens with zero attached hydrogens (tertiary/aromatic N) is 1. The predicted octanol–water partition coefficient (Wildman–Crippen LogP) is 2.36. The van der Waals surface area contributed by atoms with Crippen molar-refractivity contribution in [3.63, 3.8) is 0 Å². The number of hydrogen-bond acceptors (Lipinski definition) is 6. The third kappa shape index (κ3) is 6.44. The molecule has 8 N–H and O–H groups in total. The van der Waals surface area contributed by atoms with Gasteiger partial charge in [-0.3, -0.25) is 20.2 Å². The highest BCUT2D eigenvalue weighted by Gasteiger charge is 2.45. The Labute approximate surface area is 214 Å². The first-order valence-electron chi connectivity index (χ1n) is 12.7. The molecule has 0 unspecified atom stereocenters. The van der Waals surface area contributed by atoms with Crippen molar-refractivity contribution in [3.8, 4) is 0 Å². The fourth-order valence-electron chi connectivity index (χ4n) is 4.79. The monoisotopic (exact) mass is 493 g/mol. The molecule has 2 aromatic carbocycles. The molecule has 1 aliphatic heterocycles. The van der Waals surface area contributed by atoms with E-state index in [-0.39, 0.29) is 17.7 Å². The maximum Gasteiger partial charge on any atom is 0.243 e. The molecular weight excluding hydrogens is 452 g/mol. The Hall–Kier alpha value is -2.91. The Kier molecular flexibility index (Phi) is 9.13. The Balaban J connectivity index is 1.76. The van der Waals surface area contributed by atoms with Crippen LogP contribution in [0.3, 0.4) is 0 Å². The lowest BCUT2D eigenvalue weighted by Gasteiger charge is -2.17. The second-order valence-electron chi connectivity index (χ2n) is 10.3. The molecule has 0 bridgehead atoms. The first-order valence-corrected chi connectivity index (χ1v) is 12.7. The van der Waals surface area contributed by atoms with Crippen LogP contribution in [0.15, 0.2) is 48.6 Å². The standard InChI is InChI=1S/C28H40N6O2/c1-18(2)11-14-23-28(3,4)25-20-9-6-5-8-19(20)12-13-22(25)34(23)17-15-24(35)33-26(36)21(29)10-7-16-32-27(30)31/h5-6,8-9,11-14,18,21,27,32H,7,10,15-17,29-31H2,1-4H3/p+1/b14-11+/t21-/m0/s1. The zero-order chi connectivity index (χ0) is 26.5. The van der Waals surface area contributed by atoms with Crippen LogP contribution in [-0.4, -0.2) is 47.5 Å². The number of allylic oxidation sites excluding steroid dienone is 2. The van der Waals surface area contributed by atoms with Gasteiger partial charge in [0.25, 0.3) is 0 Å². The van der Waals surface area contributed by atoms with Gasteiger partial charge in [-0.2, -0.15) is 4.58 Å². The molecule has 0 aliphatic carbocycles. The number of hydrogen-bond donors (Lipinski definition) is 5. The summed E-state index contributed by atoms with van der Waals surface area (Å²) in [6, 6.07) is 11.9. The van der Waals surface area contributed by atoms with Crippen LogP contribution in [0.25, 0.3) is 10.8 Å². The maximum atomic E-state index is 12.7. The molecule has 0 aromatic heterocycles. The van der Waals surface area contributed by atoms with E-state index in [1.54, 1.807) is 0 Å². The average Bonchev–Trinajstić information content (AvgIpc) is 3.04. The van der Waals surface area contributed by atoms with E-state index < -0.39 is 18.2 Å². The van der Waals surface area contributed by atoms with Crippen molar-refractivity contribution in [2.45, 2.75) is 64.7 Å². The fourth-order valence-corrected chi connectivity index (χ4v) is 4.79. The Bertz CT molecular complexity index is 1170. The predicted molar refractivity (Wildman–Crippen MR) is 146 cm³/mol. The molecule has 2 aromatic rings. The molecule has 8 heteroatoms. The minimum atomic E-state index is -0.765. The molecule has 0 spiro atoms. The molecule has 1 atom stereocenters. The van der Waals surface area contributed by atoms with Gasteiger partial charge in [-0.25, -0.2) is 0 Å². The lowest BCUT2D eigenvalue weighted by Crippen LogP contribution is -2.46. The highest BCUT2D eigenvalue weighted by Crippen LogP contribution is 2.44. The Morgan fingerprint density at radius 3 is 2.50 bits per heavy atom. The normalized spacial score (nSPS) is 15.8. The molecule has 8 nitrogen and oxygen atoms in total. The van der Waals surface area contributed by atoms with Crippen molar-refractivity contribution < 1.29 is 14.2 Å². The van der Waals surface area contributed by atoms with E-state index in [4.69, 9.17) is 17.2 Å². The summed E-state index contributed by atoms with van der Waals surface area (Å²) < 4.78 is 2.21. The summed E-state index contributed by atoms with van der Waals surface area (Å²) in [6.45, 7) is 9.76. The van der Waals surface area contributed by atoms with Gasteiger partial charge in [0.1, 0.15) is 6.29 Å². The van der Waals surface area contributed by atoms with E-state index in [9.17, 15) is 9.59 Å². The van der Waals surface area contributed by atoms with Gasteiger partial charge in [-0.1, -0.05) is 44.2 Å². The zero-order valence-electron chi connectivity index (χ0n) is 21.9. The number of rotatable bonds is 11. The van der Waals surface area contributed by atoms with Gasteiger partial charge < -0.3 is 17.2 Å². The topological polar surface area (TPSA) is 139 Å². The zero-order valence-corrected chi connectivity index (χ0v) is 21.9. The summed E-state index contributed by atoms with van der Waals surface area (Å²) in [7, 11) is 0. The third-order valence-corrected chi connectivity index (χ3v) is 6.63. The van der Waals surface area contributed by atoms with Gasteiger partial charge >= 0.3 is 0 Å². The molecule has 0 saturated heterocycles. The Morgan fingerprint density at radius 2 is 1.81 bits per heavy atom. The number of carbonyl (C=O) groups excluding carboxylic acids is 2. The molecule has 36 heavy (non-hydrogen) atoms. The van der Waals surface area contributed by atoms with Crippen LogP contribution in [0.4, 0.5) is 5.69 Å². The Morgan fingerprint density at radius 1 is 1.08 bits per heavy atom. The summed E-state index contributed by atoms with van der Waals surface area (Å²) in [4.78, 5) is 25.1. The number of benzene rings is 2. The van der Waals surface area contributed by atoms with Crippen LogP contribution in [0.2, 0.25) is 0 Å². The minimum absolute atomic E-state index is 0.170. The van der Waals surface area contributed by atoms with Gasteiger partial charge in [0.15, 0.2) is 12.3 Å². The van der Waals surface area contributed by atoms with Crippen LogP contribution in [0.1, 0.15) is 52.5 Å². The van der Waals surface area contributed by atoms with E-state index >= 15 is 0 Å². The molecule has 0 fully saturated rings. The van der Waals surface area contributed by atoms with Gasteiger partial charge in [0, 0.05) is 17.7 Å². The summed E-state index contributed by atoms with van der Waals surface area (Å²) >= 11 is 0. The van der Waals surface area contributed by atoms with Gasteiger partial charge in [0.2, 0.25) is 17.5 Å². The second kappa shape index (κ2) is 11.9. The number of imide groups is 1. The molecule has 1 aliphatic rings.